The fraction of sp³-hybridized carbons (Fsp3) is 1.00. The molecular weight excluding hydrogens is 224 g/mol. The predicted molar refractivity (Wildman–Crippen MR) is 69.0 cm³/mol. The summed E-state index contributed by atoms with van der Waals surface area (Å²) in [5.41, 5.74) is 0. The molecule has 0 aromatic heterocycles. The minimum Gasteiger partial charge on any atom is -0.313 e. The molecule has 0 aliphatic rings. The summed E-state index contributed by atoms with van der Waals surface area (Å²) in [6.07, 6.45) is 2.27. The van der Waals surface area contributed by atoms with Crippen LogP contribution in [0.15, 0.2) is 0 Å². The van der Waals surface area contributed by atoms with E-state index in [9.17, 15) is 8.42 Å². The summed E-state index contributed by atoms with van der Waals surface area (Å²) in [5.74, 6) is 0.863. The summed E-state index contributed by atoms with van der Waals surface area (Å²) in [5, 5.41) is 3.23. The third kappa shape index (κ3) is 9.12. The van der Waals surface area contributed by atoms with Gasteiger partial charge in [-0.25, -0.2) is 13.1 Å². The summed E-state index contributed by atoms with van der Waals surface area (Å²) in [6.45, 7) is 9.27. The van der Waals surface area contributed by atoms with Crippen molar-refractivity contribution in [2.24, 2.45) is 5.92 Å². The molecule has 4 nitrogen and oxygen atoms in total. The zero-order valence-corrected chi connectivity index (χ0v) is 11.7. The molecule has 0 radical (unpaired) electrons. The Morgan fingerprint density at radius 2 is 1.75 bits per heavy atom. The summed E-state index contributed by atoms with van der Waals surface area (Å²) in [7, 11) is -3.07. The molecule has 98 valence electrons. The Morgan fingerprint density at radius 1 is 1.12 bits per heavy atom. The number of sulfonamides is 1. The molecule has 0 fully saturated rings. The molecule has 0 aliphatic heterocycles. The first kappa shape index (κ1) is 15.9. The van der Waals surface area contributed by atoms with E-state index < -0.39 is 10.0 Å². The Morgan fingerprint density at radius 3 is 2.25 bits per heavy atom. The van der Waals surface area contributed by atoms with Gasteiger partial charge in [-0.3, -0.25) is 0 Å². The molecular formula is C11H26N2O2S. The molecule has 0 amide bonds. The van der Waals surface area contributed by atoms with E-state index in [-0.39, 0.29) is 5.75 Å². The van der Waals surface area contributed by atoms with Crippen molar-refractivity contribution in [1.82, 2.24) is 10.0 Å². The van der Waals surface area contributed by atoms with E-state index in [1.807, 2.05) is 0 Å². The summed E-state index contributed by atoms with van der Waals surface area (Å²) >= 11 is 0. The van der Waals surface area contributed by atoms with Crippen molar-refractivity contribution >= 4 is 10.0 Å². The second kappa shape index (κ2) is 8.03. The highest BCUT2D eigenvalue weighted by atomic mass is 32.2. The first-order valence-electron chi connectivity index (χ1n) is 6.08. The summed E-state index contributed by atoms with van der Waals surface area (Å²) < 4.78 is 25.1. The topological polar surface area (TPSA) is 58.2 Å². The molecule has 1 unspecified atom stereocenters. The molecule has 0 saturated carbocycles. The third-order valence-corrected chi connectivity index (χ3v) is 3.87. The third-order valence-electron chi connectivity index (χ3n) is 2.40. The maximum atomic E-state index is 11.3. The van der Waals surface area contributed by atoms with Gasteiger partial charge >= 0.3 is 0 Å². The fourth-order valence-electron chi connectivity index (χ4n) is 1.42. The van der Waals surface area contributed by atoms with Gasteiger partial charge in [-0.1, -0.05) is 20.8 Å². The van der Waals surface area contributed by atoms with Gasteiger partial charge in [0.05, 0.1) is 5.75 Å². The Kier molecular flexibility index (Phi) is 7.97. The van der Waals surface area contributed by atoms with Crippen molar-refractivity contribution in [1.29, 1.82) is 0 Å². The van der Waals surface area contributed by atoms with Gasteiger partial charge in [-0.15, -0.1) is 0 Å². The Bertz CT molecular complexity index is 263. The van der Waals surface area contributed by atoms with Crippen LogP contribution < -0.4 is 10.0 Å². The molecule has 5 heteroatoms. The van der Waals surface area contributed by atoms with Crippen LogP contribution in [0.4, 0.5) is 0 Å². The van der Waals surface area contributed by atoms with E-state index in [0.717, 1.165) is 6.42 Å². The molecule has 2 N–H and O–H groups in total. The highest BCUT2D eigenvalue weighted by Crippen LogP contribution is 2.05. The van der Waals surface area contributed by atoms with Gasteiger partial charge < -0.3 is 5.32 Å². The number of hydrogen-bond donors (Lipinski definition) is 2. The zero-order valence-electron chi connectivity index (χ0n) is 10.9. The van der Waals surface area contributed by atoms with Gasteiger partial charge in [0, 0.05) is 19.1 Å². The number of rotatable bonds is 9. The fourth-order valence-corrected chi connectivity index (χ4v) is 2.39. The van der Waals surface area contributed by atoms with Crippen molar-refractivity contribution < 1.29 is 8.42 Å². The normalized spacial score (nSPS) is 14.3. The van der Waals surface area contributed by atoms with Crippen molar-refractivity contribution in [2.45, 2.75) is 46.6 Å². The van der Waals surface area contributed by atoms with Crippen LogP contribution in [0.1, 0.15) is 40.5 Å². The van der Waals surface area contributed by atoms with Crippen molar-refractivity contribution in [3.63, 3.8) is 0 Å². The minimum atomic E-state index is -3.07. The first-order valence-corrected chi connectivity index (χ1v) is 7.73. The molecule has 16 heavy (non-hydrogen) atoms. The highest BCUT2D eigenvalue weighted by Gasteiger charge is 2.09. The molecule has 0 bridgehead atoms. The van der Waals surface area contributed by atoms with E-state index in [4.69, 9.17) is 0 Å². The lowest BCUT2D eigenvalue weighted by atomic mass is 10.0. The largest absolute Gasteiger partial charge is 0.313 e. The van der Waals surface area contributed by atoms with Gasteiger partial charge in [-0.05, 0) is 25.7 Å². The second-order valence-corrected chi connectivity index (χ2v) is 6.57. The molecule has 0 heterocycles. The number of hydrogen-bond acceptors (Lipinski definition) is 3. The van der Waals surface area contributed by atoms with Crippen LogP contribution in [0, 0.1) is 5.92 Å². The zero-order chi connectivity index (χ0) is 12.6. The van der Waals surface area contributed by atoms with E-state index in [2.05, 4.69) is 30.8 Å². The van der Waals surface area contributed by atoms with Crippen LogP contribution in [-0.4, -0.2) is 33.3 Å². The average molecular weight is 250 g/mol. The quantitative estimate of drug-likeness (QED) is 0.649. The van der Waals surface area contributed by atoms with Crippen molar-refractivity contribution in [3.05, 3.63) is 0 Å². The van der Waals surface area contributed by atoms with E-state index in [1.165, 1.54) is 6.42 Å². The van der Waals surface area contributed by atoms with Gasteiger partial charge in [0.15, 0.2) is 0 Å². The van der Waals surface area contributed by atoms with Crippen LogP contribution in [0.2, 0.25) is 0 Å². The average Bonchev–Trinajstić information content (AvgIpc) is 2.14. The van der Waals surface area contributed by atoms with Crippen LogP contribution in [0.3, 0.4) is 0 Å². The van der Waals surface area contributed by atoms with E-state index >= 15 is 0 Å². The molecule has 0 aromatic rings. The SMILES string of the molecule is CCNS(=O)(=O)CCNC(C)CCC(C)C. The van der Waals surface area contributed by atoms with Gasteiger partial charge in [0.2, 0.25) is 10.0 Å². The monoisotopic (exact) mass is 250 g/mol. The lowest BCUT2D eigenvalue weighted by Crippen LogP contribution is -2.35. The molecule has 1 atom stereocenters. The molecule has 0 saturated heterocycles. The van der Waals surface area contributed by atoms with E-state index in [1.54, 1.807) is 6.92 Å². The summed E-state index contributed by atoms with van der Waals surface area (Å²) in [6, 6.07) is 0.388. The molecule has 0 aliphatic carbocycles. The highest BCUT2D eigenvalue weighted by molar-refractivity contribution is 7.89. The smallest absolute Gasteiger partial charge is 0.212 e. The summed E-state index contributed by atoms with van der Waals surface area (Å²) in [4.78, 5) is 0. The number of nitrogens with one attached hydrogen (secondary N) is 2. The second-order valence-electron chi connectivity index (χ2n) is 4.64. The minimum absolute atomic E-state index is 0.160. The lowest BCUT2D eigenvalue weighted by molar-refractivity contribution is 0.458. The van der Waals surface area contributed by atoms with Gasteiger partial charge in [0.25, 0.3) is 0 Å². The van der Waals surface area contributed by atoms with Crippen molar-refractivity contribution in [3.8, 4) is 0 Å². The Labute approximate surface area is 100 Å². The van der Waals surface area contributed by atoms with Crippen molar-refractivity contribution in [2.75, 3.05) is 18.8 Å². The maximum Gasteiger partial charge on any atom is 0.212 e. The first-order chi connectivity index (χ1) is 7.37. The predicted octanol–water partition coefficient (Wildman–Crippen LogP) is 1.34. The van der Waals surface area contributed by atoms with Crippen LogP contribution >= 0.6 is 0 Å². The lowest BCUT2D eigenvalue weighted by Gasteiger charge is -2.15. The Balaban J connectivity index is 3.65. The molecule has 0 aromatic carbocycles. The van der Waals surface area contributed by atoms with Gasteiger partial charge in [-0.2, -0.15) is 0 Å². The van der Waals surface area contributed by atoms with Crippen LogP contribution in [0.5, 0.6) is 0 Å². The Hall–Kier alpha value is -0.130. The standard InChI is InChI=1S/C11H26N2O2S/c1-5-13-16(14,15)9-8-12-11(4)7-6-10(2)3/h10-13H,5-9H2,1-4H3. The maximum absolute atomic E-state index is 11.3. The molecule has 0 spiro atoms. The molecule has 0 rings (SSSR count). The van der Waals surface area contributed by atoms with Crippen LogP contribution in [-0.2, 0) is 10.0 Å². The van der Waals surface area contributed by atoms with E-state index in [0.29, 0.717) is 25.0 Å². The van der Waals surface area contributed by atoms with Crippen LogP contribution in [0.25, 0.3) is 0 Å². The van der Waals surface area contributed by atoms with Gasteiger partial charge in [0.1, 0.15) is 0 Å².